The lowest BCUT2D eigenvalue weighted by molar-refractivity contribution is 0.0688. The summed E-state index contributed by atoms with van der Waals surface area (Å²) in [6.45, 7) is 8.65. The molecule has 0 bridgehead atoms. The van der Waals surface area contributed by atoms with E-state index in [1.165, 1.54) is 11.3 Å². The van der Waals surface area contributed by atoms with Crippen molar-refractivity contribution in [3.05, 3.63) is 29.0 Å². The van der Waals surface area contributed by atoms with Crippen LogP contribution < -0.4 is 0 Å². The van der Waals surface area contributed by atoms with Gasteiger partial charge < -0.3 is 9.52 Å². The van der Waals surface area contributed by atoms with Gasteiger partial charge in [0, 0.05) is 6.42 Å². The predicted octanol–water partition coefficient (Wildman–Crippen LogP) is 4.72. The number of nitrogens with zero attached hydrogens (tertiary/aromatic N) is 1. The van der Waals surface area contributed by atoms with Crippen molar-refractivity contribution >= 4 is 17.3 Å². The summed E-state index contributed by atoms with van der Waals surface area (Å²) < 4.78 is 5.72. The monoisotopic (exact) mass is 307 g/mol. The van der Waals surface area contributed by atoms with Crippen molar-refractivity contribution in [3.63, 3.8) is 0 Å². The second kappa shape index (κ2) is 6.02. The topological polar surface area (TPSA) is 63.3 Å². The highest BCUT2D eigenvalue weighted by Crippen LogP contribution is 2.30. The zero-order valence-corrected chi connectivity index (χ0v) is 13.7. The first-order valence-corrected chi connectivity index (χ1v) is 7.91. The molecule has 0 aromatic carbocycles. The maximum atomic E-state index is 11.4. The number of carboxylic acid groups (broad SMARTS) is 1. The SMILES string of the molecule is CC(Cc1oc(-c2cccs2)nc1C(=O)O)CC(C)(C)C. The molecule has 1 atom stereocenters. The quantitative estimate of drug-likeness (QED) is 0.868. The molecule has 0 spiro atoms. The normalized spacial score (nSPS) is 13.3. The number of aromatic carboxylic acids is 1. The van der Waals surface area contributed by atoms with E-state index in [1.807, 2.05) is 17.5 Å². The Balaban J connectivity index is 2.24. The summed E-state index contributed by atoms with van der Waals surface area (Å²) >= 11 is 1.49. The fourth-order valence-electron chi connectivity index (χ4n) is 2.60. The molecule has 2 aromatic rings. The molecule has 0 saturated heterocycles. The van der Waals surface area contributed by atoms with Gasteiger partial charge in [-0.1, -0.05) is 33.8 Å². The van der Waals surface area contributed by atoms with Crippen LogP contribution in [0.2, 0.25) is 0 Å². The van der Waals surface area contributed by atoms with Gasteiger partial charge in [0.1, 0.15) is 5.76 Å². The van der Waals surface area contributed by atoms with Crippen molar-refractivity contribution in [2.45, 2.75) is 40.5 Å². The fourth-order valence-corrected chi connectivity index (χ4v) is 3.25. The highest BCUT2D eigenvalue weighted by molar-refractivity contribution is 7.13. The third kappa shape index (κ3) is 4.17. The Hall–Kier alpha value is -1.62. The number of carbonyl (C=O) groups is 1. The summed E-state index contributed by atoms with van der Waals surface area (Å²) in [6.07, 6.45) is 1.60. The summed E-state index contributed by atoms with van der Waals surface area (Å²) in [5, 5.41) is 11.2. The van der Waals surface area contributed by atoms with Crippen LogP contribution in [-0.4, -0.2) is 16.1 Å². The van der Waals surface area contributed by atoms with Gasteiger partial charge in [0.2, 0.25) is 5.89 Å². The van der Waals surface area contributed by atoms with Crippen LogP contribution >= 0.6 is 11.3 Å². The third-order valence-electron chi connectivity index (χ3n) is 3.13. The standard InChI is InChI=1S/C16H21NO3S/c1-10(9-16(2,3)4)8-11-13(15(18)19)17-14(20-11)12-6-5-7-21-12/h5-7,10H,8-9H2,1-4H3,(H,18,19). The largest absolute Gasteiger partial charge is 0.476 e. The van der Waals surface area contributed by atoms with E-state index in [0.717, 1.165) is 11.3 Å². The highest BCUT2D eigenvalue weighted by Gasteiger charge is 2.24. The van der Waals surface area contributed by atoms with E-state index >= 15 is 0 Å². The van der Waals surface area contributed by atoms with Crippen molar-refractivity contribution < 1.29 is 14.3 Å². The first-order chi connectivity index (χ1) is 9.76. The number of thiophene rings is 1. The number of oxazole rings is 1. The Bertz CT molecular complexity index is 608. The van der Waals surface area contributed by atoms with E-state index in [-0.39, 0.29) is 11.1 Å². The van der Waals surface area contributed by atoms with Gasteiger partial charge in [-0.25, -0.2) is 9.78 Å². The van der Waals surface area contributed by atoms with Gasteiger partial charge in [0.15, 0.2) is 5.69 Å². The summed E-state index contributed by atoms with van der Waals surface area (Å²) in [5.74, 6) is 0.190. The van der Waals surface area contributed by atoms with E-state index in [2.05, 4.69) is 32.7 Å². The van der Waals surface area contributed by atoms with Crippen molar-refractivity contribution in [3.8, 4) is 10.8 Å². The Morgan fingerprint density at radius 3 is 2.71 bits per heavy atom. The maximum absolute atomic E-state index is 11.4. The maximum Gasteiger partial charge on any atom is 0.358 e. The van der Waals surface area contributed by atoms with Crippen LogP contribution in [0.15, 0.2) is 21.9 Å². The van der Waals surface area contributed by atoms with Crippen LogP contribution in [0.4, 0.5) is 0 Å². The minimum absolute atomic E-state index is 0.0409. The zero-order chi connectivity index (χ0) is 15.6. The molecule has 2 rings (SSSR count). The molecule has 0 amide bonds. The minimum atomic E-state index is -1.03. The van der Waals surface area contributed by atoms with Gasteiger partial charge >= 0.3 is 5.97 Å². The molecule has 114 valence electrons. The Morgan fingerprint density at radius 2 is 2.19 bits per heavy atom. The van der Waals surface area contributed by atoms with Crippen LogP contribution in [0.25, 0.3) is 10.8 Å². The molecular weight excluding hydrogens is 286 g/mol. The van der Waals surface area contributed by atoms with Crippen molar-refractivity contribution in [1.82, 2.24) is 4.98 Å². The second-order valence-corrected chi connectivity index (χ2v) is 7.60. The summed E-state index contributed by atoms with van der Waals surface area (Å²) in [4.78, 5) is 16.4. The average molecular weight is 307 g/mol. The van der Waals surface area contributed by atoms with Crippen molar-refractivity contribution in [1.29, 1.82) is 0 Å². The Morgan fingerprint density at radius 1 is 1.48 bits per heavy atom. The molecule has 21 heavy (non-hydrogen) atoms. The Kier molecular flexibility index (Phi) is 4.52. The number of rotatable bonds is 5. The van der Waals surface area contributed by atoms with E-state index in [1.54, 1.807) is 0 Å². The van der Waals surface area contributed by atoms with Gasteiger partial charge in [-0.15, -0.1) is 11.3 Å². The van der Waals surface area contributed by atoms with Crippen LogP contribution in [0.1, 0.15) is 50.4 Å². The van der Waals surface area contributed by atoms with E-state index < -0.39 is 5.97 Å². The second-order valence-electron chi connectivity index (χ2n) is 6.65. The summed E-state index contributed by atoms with van der Waals surface area (Å²) in [5.41, 5.74) is 0.249. The van der Waals surface area contributed by atoms with Crippen molar-refractivity contribution in [2.75, 3.05) is 0 Å². The van der Waals surface area contributed by atoms with E-state index in [9.17, 15) is 9.90 Å². The number of hydrogen-bond donors (Lipinski definition) is 1. The molecule has 5 heteroatoms. The van der Waals surface area contributed by atoms with Crippen molar-refractivity contribution in [2.24, 2.45) is 11.3 Å². The predicted molar refractivity (Wildman–Crippen MR) is 83.7 cm³/mol. The molecule has 1 N–H and O–H groups in total. The zero-order valence-electron chi connectivity index (χ0n) is 12.8. The molecule has 1 unspecified atom stereocenters. The number of hydrogen-bond acceptors (Lipinski definition) is 4. The molecule has 0 aliphatic heterocycles. The molecular formula is C16H21NO3S. The summed E-state index contributed by atoms with van der Waals surface area (Å²) in [6, 6.07) is 3.77. The van der Waals surface area contributed by atoms with Gasteiger partial charge in [0.25, 0.3) is 0 Å². The molecule has 0 aliphatic carbocycles. The molecule has 0 radical (unpaired) electrons. The number of aromatic nitrogens is 1. The van der Waals surface area contributed by atoms with Gasteiger partial charge in [-0.2, -0.15) is 0 Å². The van der Waals surface area contributed by atoms with Gasteiger partial charge in [-0.05, 0) is 29.2 Å². The molecule has 0 fully saturated rings. The summed E-state index contributed by atoms with van der Waals surface area (Å²) in [7, 11) is 0. The molecule has 0 aliphatic rings. The lowest BCUT2D eigenvalue weighted by Gasteiger charge is -2.22. The van der Waals surface area contributed by atoms with E-state index in [4.69, 9.17) is 4.42 Å². The van der Waals surface area contributed by atoms with Crippen LogP contribution in [0, 0.1) is 11.3 Å². The minimum Gasteiger partial charge on any atom is -0.476 e. The lowest BCUT2D eigenvalue weighted by atomic mass is 9.83. The molecule has 4 nitrogen and oxygen atoms in total. The third-order valence-corrected chi connectivity index (χ3v) is 3.98. The lowest BCUT2D eigenvalue weighted by Crippen LogP contribution is -2.13. The highest BCUT2D eigenvalue weighted by atomic mass is 32.1. The number of carboxylic acids is 1. The average Bonchev–Trinajstić information content (AvgIpc) is 2.93. The van der Waals surface area contributed by atoms with Crippen LogP contribution in [0.3, 0.4) is 0 Å². The first-order valence-electron chi connectivity index (χ1n) is 7.03. The molecule has 0 saturated carbocycles. The molecule has 2 aromatic heterocycles. The van der Waals surface area contributed by atoms with Gasteiger partial charge in [-0.3, -0.25) is 0 Å². The Labute approximate surface area is 128 Å². The molecule has 2 heterocycles. The van der Waals surface area contributed by atoms with Crippen LogP contribution in [-0.2, 0) is 6.42 Å². The first kappa shape index (κ1) is 15.8. The fraction of sp³-hybridized carbons (Fsp3) is 0.500. The van der Waals surface area contributed by atoms with Crippen LogP contribution in [0.5, 0.6) is 0 Å². The smallest absolute Gasteiger partial charge is 0.358 e. The van der Waals surface area contributed by atoms with Gasteiger partial charge in [0.05, 0.1) is 4.88 Å². The van der Waals surface area contributed by atoms with E-state index in [0.29, 0.717) is 24.0 Å².